The van der Waals surface area contributed by atoms with E-state index in [9.17, 15) is 4.21 Å². The van der Waals surface area contributed by atoms with Crippen molar-refractivity contribution in [1.29, 1.82) is 0 Å². The second-order valence-corrected chi connectivity index (χ2v) is 9.05. The Bertz CT molecular complexity index is 339. The summed E-state index contributed by atoms with van der Waals surface area (Å²) in [5, 5.41) is 0. The van der Waals surface area contributed by atoms with E-state index in [0.717, 1.165) is 18.9 Å². The third-order valence-corrected chi connectivity index (χ3v) is 6.05. The normalized spacial score (nSPS) is 29.7. The molecule has 2 rings (SSSR count). The minimum atomic E-state index is -0.893. The van der Waals surface area contributed by atoms with E-state index in [1.807, 2.05) is 0 Å². The molecule has 18 heavy (non-hydrogen) atoms. The van der Waals surface area contributed by atoms with Gasteiger partial charge < -0.3 is 0 Å². The van der Waals surface area contributed by atoms with Crippen LogP contribution in [0.2, 0.25) is 0 Å². The maximum absolute atomic E-state index is 12.7. The topological polar surface area (TPSA) is 20.3 Å². The predicted octanol–water partition coefficient (Wildman–Crippen LogP) is 3.66. The predicted molar refractivity (Wildman–Crippen MR) is 78.7 cm³/mol. The SMILES string of the molecule is C=C1C[C@H](C2CCCCC2)N(S(=O)C(C)(C)C)C1. The van der Waals surface area contributed by atoms with E-state index >= 15 is 0 Å². The first-order valence-electron chi connectivity index (χ1n) is 7.25. The highest BCUT2D eigenvalue weighted by Gasteiger charge is 2.40. The Balaban J connectivity index is 2.12. The summed E-state index contributed by atoms with van der Waals surface area (Å²) in [4.78, 5) is 0. The Morgan fingerprint density at radius 3 is 2.39 bits per heavy atom. The zero-order chi connectivity index (χ0) is 13.3. The molecule has 1 aliphatic carbocycles. The van der Waals surface area contributed by atoms with Crippen molar-refractivity contribution >= 4 is 11.0 Å². The summed E-state index contributed by atoms with van der Waals surface area (Å²) >= 11 is 0. The van der Waals surface area contributed by atoms with Gasteiger partial charge >= 0.3 is 0 Å². The van der Waals surface area contributed by atoms with Gasteiger partial charge in [-0.1, -0.05) is 31.4 Å². The van der Waals surface area contributed by atoms with Crippen LogP contribution in [0.5, 0.6) is 0 Å². The highest BCUT2D eigenvalue weighted by molar-refractivity contribution is 7.84. The van der Waals surface area contributed by atoms with E-state index in [2.05, 4.69) is 31.7 Å². The van der Waals surface area contributed by atoms with Crippen molar-refractivity contribution in [2.75, 3.05) is 6.54 Å². The van der Waals surface area contributed by atoms with Crippen LogP contribution in [0.3, 0.4) is 0 Å². The summed E-state index contributed by atoms with van der Waals surface area (Å²) in [5.74, 6) is 0.740. The van der Waals surface area contributed by atoms with Crippen LogP contribution in [0, 0.1) is 5.92 Å². The monoisotopic (exact) mass is 269 g/mol. The quantitative estimate of drug-likeness (QED) is 0.701. The maximum atomic E-state index is 12.7. The third kappa shape index (κ3) is 3.05. The van der Waals surface area contributed by atoms with Crippen molar-refractivity contribution in [3.05, 3.63) is 12.2 Å². The molecule has 2 fully saturated rings. The molecule has 1 saturated heterocycles. The van der Waals surface area contributed by atoms with Gasteiger partial charge in [-0.2, -0.15) is 0 Å². The first-order valence-corrected chi connectivity index (χ1v) is 8.35. The van der Waals surface area contributed by atoms with Gasteiger partial charge in [0, 0.05) is 12.6 Å². The average molecular weight is 269 g/mol. The largest absolute Gasteiger partial charge is 0.242 e. The van der Waals surface area contributed by atoms with Crippen LogP contribution < -0.4 is 0 Å². The molecule has 1 aliphatic heterocycles. The minimum Gasteiger partial charge on any atom is -0.242 e. The van der Waals surface area contributed by atoms with Crippen molar-refractivity contribution in [1.82, 2.24) is 4.31 Å². The fourth-order valence-corrected chi connectivity index (χ4v) is 4.75. The van der Waals surface area contributed by atoms with Crippen LogP contribution in [0.15, 0.2) is 12.2 Å². The molecule has 2 aliphatic rings. The fraction of sp³-hybridized carbons (Fsp3) is 0.867. The Morgan fingerprint density at radius 2 is 1.83 bits per heavy atom. The highest BCUT2D eigenvalue weighted by Crippen LogP contribution is 2.37. The smallest absolute Gasteiger partial charge is 0.100 e. The summed E-state index contributed by atoms with van der Waals surface area (Å²) in [7, 11) is -0.893. The molecule has 2 nitrogen and oxygen atoms in total. The minimum absolute atomic E-state index is 0.155. The zero-order valence-electron chi connectivity index (χ0n) is 12.1. The van der Waals surface area contributed by atoms with E-state index in [1.165, 1.54) is 37.7 Å². The first kappa shape index (κ1) is 14.3. The average Bonchev–Trinajstić information content (AvgIpc) is 2.70. The van der Waals surface area contributed by atoms with Crippen molar-refractivity contribution in [2.24, 2.45) is 5.92 Å². The van der Waals surface area contributed by atoms with Gasteiger partial charge in [-0.15, -0.1) is 0 Å². The molecule has 1 unspecified atom stereocenters. The van der Waals surface area contributed by atoms with Gasteiger partial charge in [-0.3, -0.25) is 0 Å². The van der Waals surface area contributed by atoms with Gasteiger partial charge in [0.05, 0.1) is 4.75 Å². The van der Waals surface area contributed by atoms with E-state index < -0.39 is 11.0 Å². The lowest BCUT2D eigenvalue weighted by molar-refractivity contribution is 0.230. The van der Waals surface area contributed by atoms with Crippen LogP contribution in [-0.4, -0.2) is 25.8 Å². The number of rotatable bonds is 2. The molecule has 1 heterocycles. The molecule has 0 spiro atoms. The van der Waals surface area contributed by atoms with Gasteiger partial charge in [-0.05, 0) is 46.0 Å². The second kappa shape index (κ2) is 5.46. The summed E-state index contributed by atoms with van der Waals surface area (Å²) in [6.45, 7) is 11.2. The molecule has 0 aromatic rings. The second-order valence-electron chi connectivity index (χ2n) is 6.86. The summed E-state index contributed by atoms with van der Waals surface area (Å²) < 4.78 is 14.7. The third-order valence-electron chi connectivity index (χ3n) is 4.18. The lowest BCUT2D eigenvalue weighted by atomic mass is 9.83. The van der Waals surface area contributed by atoms with E-state index in [4.69, 9.17) is 0 Å². The molecule has 0 N–H and O–H groups in total. The van der Waals surface area contributed by atoms with Gasteiger partial charge in [0.2, 0.25) is 0 Å². The van der Waals surface area contributed by atoms with Crippen molar-refractivity contribution in [3.63, 3.8) is 0 Å². The fourth-order valence-electron chi connectivity index (χ4n) is 3.25. The van der Waals surface area contributed by atoms with Crippen molar-refractivity contribution in [2.45, 2.75) is 70.1 Å². The van der Waals surface area contributed by atoms with Crippen LogP contribution in [0.25, 0.3) is 0 Å². The number of nitrogens with zero attached hydrogens (tertiary/aromatic N) is 1. The van der Waals surface area contributed by atoms with Gasteiger partial charge in [0.1, 0.15) is 11.0 Å². The molecule has 0 aromatic heterocycles. The van der Waals surface area contributed by atoms with Crippen LogP contribution in [0.1, 0.15) is 59.3 Å². The Labute approximate surface area is 114 Å². The maximum Gasteiger partial charge on any atom is 0.100 e. The molecule has 0 amide bonds. The Kier molecular flexibility index (Phi) is 4.32. The van der Waals surface area contributed by atoms with E-state index in [-0.39, 0.29) is 4.75 Å². The zero-order valence-corrected chi connectivity index (χ0v) is 12.9. The van der Waals surface area contributed by atoms with E-state index in [0.29, 0.717) is 6.04 Å². The Hall–Kier alpha value is -0.150. The molecule has 0 radical (unpaired) electrons. The Morgan fingerprint density at radius 1 is 1.22 bits per heavy atom. The lowest BCUT2D eigenvalue weighted by Crippen LogP contribution is -2.43. The summed E-state index contributed by atoms with van der Waals surface area (Å²) in [6.07, 6.45) is 7.78. The molecular weight excluding hydrogens is 242 g/mol. The van der Waals surface area contributed by atoms with E-state index in [1.54, 1.807) is 0 Å². The molecule has 2 atom stereocenters. The number of hydrogen-bond donors (Lipinski definition) is 0. The highest BCUT2D eigenvalue weighted by atomic mass is 32.2. The summed E-state index contributed by atoms with van der Waals surface area (Å²) in [5.41, 5.74) is 1.27. The van der Waals surface area contributed by atoms with Crippen LogP contribution in [0.4, 0.5) is 0 Å². The number of hydrogen-bond acceptors (Lipinski definition) is 1. The molecule has 1 saturated carbocycles. The molecular formula is C15H27NOS. The molecule has 0 bridgehead atoms. The van der Waals surface area contributed by atoms with Crippen molar-refractivity contribution in [3.8, 4) is 0 Å². The van der Waals surface area contributed by atoms with Crippen molar-refractivity contribution < 1.29 is 4.21 Å². The molecule has 0 aromatic carbocycles. The first-order chi connectivity index (χ1) is 8.39. The van der Waals surface area contributed by atoms with Gasteiger partial charge in [0.15, 0.2) is 0 Å². The van der Waals surface area contributed by atoms with Crippen LogP contribution in [-0.2, 0) is 11.0 Å². The van der Waals surface area contributed by atoms with Gasteiger partial charge in [-0.25, -0.2) is 8.51 Å². The molecule has 104 valence electrons. The molecule has 3 heteroatoms. The lowest BCUT2D eigenvalue weighted by Gasteiger charge is -2.35. The standard InChI is InChI=1S/C15H27NOS/c1-12-10-14(13-8-6-5-7-9-13)16(11-12)18(17)15(2,3)4/h13-14H,1,5-11H2,2-4H3/t14-,18?/m1/s1. The summed E-state index contributed by atoms with van der Waals surface area (Å²) in [6, 6.07) is 0.484. The van der Waals surface area contributed by atoms with Gasteiger partial charge in [0.25, 0.3) is 0 Å². The van der Waals surface area contributed by atoms with Crippen LogP contribution >= 0.6 is 0 Å².